The van der Waals surface area contributed by atoms with Crippen molar-refractivity contribution in [1.82, 2.24) is 0 Å². The van der Waals surface area contributed by atoms with Crippen molar-refractivity contribution in [2.45, 2.75) is 13.2 Å². The van der Waals surface area contributed by atoms with Crippen LogP contribution in [-0.4, -0.2) is 14.2 Å². The second kappa shape index (κ2) is 7.32. The highest BCUT2D eigenvalue weighted by atomic mass is 16.5. The van der Waals surface area contributed by atoms with E-state index in [1.54, 1.807) is 26.4 Å². The summed E-state index contributed by atoms with van der Waals surface area (Å²) in [5, 5.41) is 12.3. The number of ether oxygens (including phenoxy) is 2. The Morgan fingerprint density at radius 1 is 1.10 bits per heavy atom. The van der Waals surface area contributed by atoms with E-state index >= 15 is 0 Å². The highest BCUT2D eigenvalue weighted by Gasteiger charge is 2.06. The lowest BCUT2D eigenvalue weighted by atomic mass is 10.1. The molecule has 1 N–H and O–H groups in total. The molecule has 4 heteroatoms. The summed E-state index contributed by atoms with van der Waals surface area (Å²) in [5.41, 5.74) is 3.77. The minimum absolute atomic E-state index is 0.581. The third kappa shape index (κ3) is 3.74. The van der Waals surface area contributed by atoms with Gasteiger partial charge in [0.2, 0.25) is 0 Å². The Bertz CT molecular complexity index is 647. The first-order chi connectivity index (χ1) is 10.3. The molecule has 108 valence electrons. The van der Waals surface area contributed by atoms with Gasteiger partial charge in [0.25, 0.3) is 0 Å². The molecule has 0 aromatic heterocycles. The van der Waals surface area contributed by atoms with E-state index in [1.165, 1.54) is 5.56 Å². The zero-order valence-electron chi connectivity index (χ0n) is 12.2. The number of anilines is 1. The second-order valence-corrected chi connectivity index (χ2v) is 4.58. The van der Waals surface area contributed by atoms with Crippen LogP contribution < -0.4 is 10.1 Å². The molecule has 21 heavy (non-hydrogen) atoms. The molecule has 2 aromatic carbocycles. The highest BCUT2D eigenvalue weighted by Crippen LogP contribution is 2.26. The minimum atomic E-state index is 0.581. The van der Waals surface area contributed by atoms with Crippen molar-refractivity contribution in [2.75, 3.05) is 19.5 Å². The molecular weight excluding hydrogens is 264 g/mol. The van der Waals surface area contributed by atoms with Gasteiger partial charge in [-0.25, -0.2) is 0 Å². The number of nitrogens with zero attached hydrogens (tertiary/aromatic N) is 1. The van der Waals surface area contributed by atoms with Gasteiger partial charge in [-0.1, -0.05) is 24.3 Å². The smallest absolute Gasteiger partial charge is 0.143 e. The van der Waals surface area contributed by atoms with Gasteiger partial charge >= 0.3 is 0 Å². The van der Waals surface area contributed by atoms with Gasteiger partial charge < -0.3 is 14.8 Å². The lowest BCUT2D eigenvalue weighted by molar-refractivity contribution is 0.184. The van der Waals surface area contributed by atoms with Crippen LogP contribution in [0.25, 0.3) is 0 Å². The molecule has 2 rings (SSSR count). The van der Waals surface area contributed by atoms with Crippen LogP contribution in [0, 0.1) is 11.3 Å². The van der Waals surface area contributed by atoms with Crippen LogP contribution in [0.2, 0.25) is 0 Å². The fourth-order valence-electron chi connectivity index (χ4n) is 2.12. The predicted molar refractivity (Wildman–Crippen MR) is 82.2 cm³/mol. The van der Waals surface area contributed by atoms with Crippen molar-refractivity contribution in [2.24, 2.45) is 0 Å². The largest absolute Gasteiger partial charge is 0.495 e. The Kier molecular flexibility index (Phi) is 5.19. The zero-order chi connectivity index (χ0) is 15.1. The van der Waals surface area contributed by atoms with E-state index < -0.39 is 0 Å². The Morgan fingerprint density at radius 3 is 2.52 bits per heavy atom. The fourth-order valence-corrected chi connectivity index (χ4v) is 2.12. The van der Waals surface area contributed by atoms with E-state index in [2.05, 4.69) is 23.5 Å². The van der Waals surface area contributed by atoms with Crippen LogP contribution in [0.5, 0.6) is 5.75 Å². The van der Waals surface area contributed by atoms with Gasteiger partial charge in [0.15, 0.2) is 0 Å². The first kappa shape index (κ1) is 14.9. The van der Waals surface area contributed by atoms with Crippen LogP contribution in [-0.2, 0) is 17.9 Å². The van der Waals surface area contributed by atoms with Gasteiger partial charge in [-0.3, -0.25) is 0 Å². The Balaban J connectivity index is 2.15. The van der Waals surface area contributed by atoms with Gasteiger partial charge in [0, 0.05) is 19.7 Å². The summed E-state index contributed by atoms with van der Waals surface area (Å²) in [4.78, 5) is 0. The maximum absolute atomic E-state index is 8.91. The molecule has 0 saturated heterocycles. The maximum atomic E-state index is 8.91. The summed E-state index contributed by atoms with van der Waals surface area (Å²) in [6.07, 6.45) is 0. The highest BCUT2D eigenvalue weighted by molar-refractivity contribution is 5.59. The van der Waals surface area contributed by atoms with E-state index in [0.29, 0.717) is 24.5 Å². The molecule has 0 aliphatic rings. The van der Waals surface area contributed by atoms with E-state index in [-0.39, 0.29) is 0 Å². The van der Waals surface area contributed by atoms with Crippen LogP contribution in [0.1, 0.15) is 16.7 Å². The number of benzene rings is 2. The average molecular weight is 282 g/mol. The molecular formula is C17H18N2O2. The molecule has 4 nitrogen and oxygen atoms in total. The monoisotopic (exact) mass is 282 g/mol. The standard InChI is InChI=1S/C17H18N2O2/c1-20-12-15-6-4-3-5-14(15)11-19-16-8-7-13(10-18)9-17(16)21-2/h3-9,19H,11-12H2,1-2H3. The Labute approximate surface area is 124 Å². The van der Waals surface area contributed by atoms with Gasteiger partial charge in [-0.15, -0.1) is 0 Å². The van der Waals surface area contributed by atoms with Crippen molar-refractivity contribution in [3.63, 3.8) is 0 Å². The molecule has 0 spiro atoms. The Morgan fingerprint density at radius 2 is 1.86 bits per heavy atom. The van der Waals surface area contributed by atoms with Crippen molar-refractivity contribution in [3.05, 3.63) is 59.2 Å². The summed E-state index contributed by atoms with van der Waals surface area (Å²) in [6, 6.07) is 15.6. The molecule has 0 fully saturated rings. The first-order valence-corrected chi connectivity index (χ1v) is 6.66. The number of hydrogen-bond acceptors (Lipinski definition) is 4. The van der Waals surface area contributed by atoms with E-state index in [0.717, 1.165) is 11.3 Å². The van der Waals surface area contributed by atoms with Gasteiger partial charge in [-0.2, -0.15) is 5.26 Å². The third-order valence-electron chi connectivity index (χ3n) is 3.22. The molecule has 0 amide bonds. The first-order valence-electron chi connectivity index (χ1n) is 6.66. The van der Waals surface area contributed by atoms with Crippen LogP contribution in [0.3, 0.4) is 0 Å². The summed E-state index contributed by atoms with van der Waals surface area (Å²) in [5.74, 6) is 0.665. The third-order valence-corrected chi connectivity index (χ3v) is 3.22. The van der Waals surface area contributed by atoms with Gasteiger partial charge in [0.05, 0.1) is 31.0 Å². The molecule has 0 radical (unpaired) electrons. The molecule has 0 atom stereocenters. The van der Waals surface area contributed by atoms with Crippen molar-refractivity contribution in [1.29, 1.82) is 5.26 Å². The minimum Gasteiger partial charge on any atom is -0.495 e. The topological polar surface area (TPSA) is 54.3 Å². The summed E-state index contributed by atoms with van der Waals surface area (Å²) < 4.78 is 10.5. The molecule has 0 aliphatic carbocycles. The van der Waals surface area contributed by atoms with Crippen molar-refractivity contribution >= 4 is 5.69 Å². The van der Waals surface area contributed by atoms with Gasteiger partial charge in [0.1, 0.15) is 5.75 Å². The Hall–Kier alpha value is -2.51. The van der Waals surface area contributed by atoms with Gasteiger partial charge in [-0.05, 0) is 23.3 Å². The zero-order valence-corrected chi connectivity index (χ0v) is 12.2. The quantitative estimate of drug-likeness (QED) is 0.883. The lowest BCUT2D eigenvalue weighted by Gasteiger charge is -2.13. The summed E-state index contributed by atoms with van der Waals surface area (Å²) in [7, 11) is 3.29. The van der Waals surface area contributed by atoms with Crippen molar-refractivity contribution < 1.29 is 9.47 Å². The SMILES string of the molecule is COCc1ccccc1CNc1ccc(C#N)cc1OC. The number of nitriles is 1. The number of hydrogen-bond donors (Lipinski definition) is 1. The number of methoxy groups -OCH3 is 2. The van der Waals surface area contributed by atoms with Crippen LogP contribution in [0.15, 0.2) is 42.5 Å². The van der Waals surface area contributed by atoms with Crippen LogP contribution >= 0.6 is 0 Å². The average Bonchev–Trinajstić information content (AvgIpc) is 2.54. The second-order valence-electron chi connectivity index (χ2n) is 4.58. The summed E-state index contributed by atoms with van der Waals surface area (Å²) in [6.45, 7) is 1.25. The molecule has 0 bridgehead atoms. The summed E-state index contributed by atoms with van der Waals surface area (Å²) >= 11 is 0. The maximum Gasteiger partial charge on any atom is 0.143 e. The molecule has 0 unspecified atom stereocenters. The lowest BCUT2D eigenvalue weighted by Crippen LogP contribution is -2.05. The molecule has 0 saturated carbocycles. The van der Waals surface area contributed by atoms with Crippen molar-refractivity contribution in [3.8, 4) is 11.8 Å². The normalized spacial score (nSPS) is 9.95. The van der Waals surface area contributed by atoms with E-state index in [4.69, 9.17) is 14.7 Å². The number of nitrogens with one attached hydrogen (secondary N) is 1. The number of rotatable bonds is 6. The van der Waals surface area contributed by atoms with Crippen LogP contribution in [0.4, 0.5) is 5.69 Å². The molecule has 2 aromatic rings. The van der Waals surface area contributed by atoms with E-state index in [1.807, 2.05) is 18.2 Å². The molecule has 0 heterocycles. The predicted octanol–water partition coefficient (Wildman–Crippen LogP) is 3.33. The van der Waals surface area contributed by atoms with E-state index in [9.17, 15) is 0 Å². The molecule has 0 aliphatic heterocycles. The fraction of sp³-hybridized carbons (Fsp3) is 0.235.